The Bertz CT molecular complexity index is 998. The number of aromatic nitrogens is 6. The second-order valence-electron chi connectivity index (χ2n) is 6.37. The van der Waals surface area contributed by atoms with Crippen LogP contribution < -0.4 is 0 Å². The first kappa shape index (κ1) is 17.5. The van der Waals surface area contributed by atoms with E-state index in [0.29, 0.717) is 23.2 Å². The molecular formula is C16H18N6O5. The number of fused-ring (bicyclic) bond motifs is 3. The highest BCUT2D eigenvalue weighted by molar-refractivity contribution is 5.84. The van der Waals surface area contributed by atoms with Gasteiger partial charge in [-0.15, -0.1) is 0 Å². The van der Waals surface area contributed by atoms with Crippen molar-refractivity contribution in [2.75, 3.05) is 6.61 Å². The van der Waals surface area contributed by atoms with E-state index in [1.54, 1.807) is 10.9 Å². The fourth-order valence-electron chi connectivity index (χ4n) is 3.13. The maximum atomic E-state index is 11.9. The Morgan fingerprint density at radius 1 is 1.26 bits per heavy atom. The van der Waals surface area contributed by atoms with Crippen LogP contribution in [0.4, 0.5) is 0 Å². The number of aliphatic hydroxyl groups excluding tert-OH is 1. The van der Waals surface area contributed by atoms with E-state index in [9.17, 15) is 14.7 Å². The van der Waals surface area contributed by atoms with Gasteiger partial charge in [0.05, 0.1) is 19.4 Å². The maximum Gasteiger partial charge on any atom is 0.306 e. The molecule has 0 aliphatic carbocycles. The molecule has 1 aliphatic heterocycles. The summed E-state index contributed by atoms with van der Waals surface area (Å²) in [6, 6.07) is 0. The summed E-state index contributed by atoms with van der Waals surface area (Å²) >= 11 is 0. The van der Waals surface area contributed by atoms with E-state index in [-0.39, 0.29) is 25.2 Å². The van der Waals surface area contributed by atoms with Crippen LogP contribution in [0.2, 0.25) is 0 Å². The molecule has 0 bridgehead atoms. The van der Waals surface area contributed by atoms with Crippen LogP contribution >= 0.6 is 0 Å². The summed E-state index contributed by atoms with van der Waals surface area (Å²) in [5, 5.41) is 13.6. The van der Waals surface area contributed by atoms with Crippen molar-refractivity contribution >= 4 is 28.6 Å². The first-order chi connectivity index (χ1) is 13.1. The Labute approximate surface area is 152 Å². The second kappa shape index (κ2) is 7.00. The molecule has 0 radical (unpaired) electrons. The first-order valence-corrected chi connectivity index (χ1v) is 8.53. The highest BCUT2D eigenvalue weighted by Crippen LogP contribution is 2.33. The Hall–Kier alpha value is -2.92. The summed E-state index contributed by atoms with van der Waals surface area (Å²) in [7, 11) is 0. The van der Waals surface area contributed by atoms with Gasteiger partial charge in [-0.3, -0.25) is 9.36 Å². The average molecular weight is 374 g/mol. The molecule has 0 unspecified atom stereocenters. The van der Waals surface area contributed by atoms with Crippen molar-refractivity contribution in [3.8, 4) is 0 Å². The molecule has 0 spiro atoms. The van der Waals surface area contributed by atoms with Gasteiger partial charge in [-0.2, -0.15) is 5.10 Å². The first-order valence-electron chi connectivity index (χ1n) is 8.53. The standard InChI is InChI=1S/C16H18N6O5/c1-9(24)2-3-13(25)27-10-4-12(26-11(10)5-23)21-7-18-14-15(21)19-8-22-16(14)17-6-20-22/h6-8,10-12,23H,2-5H2,1H3/t10-,11+,12+/m0/s1. The number of Topliss-reactive ketones (excluding diaryl/α,β-unsaturated/α-hetero) is 1. The topological polar surface area (TPSA) is 134 Å². The lowest BCUT2D eigenvalue weighted by Crippen LogP contribution is -2.30. The highest BCUT2D eigenvalue weighted by atomic mass is 16.6. The fourth-order valence-corrected chi connectivity index (χ4v) is 3.13. The van der Waals surface area contributed by atoms with E-state index in [0.717, 1.165) is 0 Å². The van der Waals surface area contributed by atoms with Crippen LogP contribution in [0, 0.1) is 0 Å². The molecule has 3 atom stereocenters. The Kier molecular flexibility index (Phi) is 4.54. The van der Waals surface area contributed by atoms with Crippen LogP contribution in [0.25, 0.3) is 16.8 Å². The van der Waals surface area contributed by atoms with Crippen molar-refractivity contribution in [2.24, 2.45) is 0 Å². The maximum absolute atomic E-state index is 11.9. The van der Waals surface area contributed by atoms with Crippen molar-refractivity contribution in [1.29, 1.82) is 0 Å². The largest absolute Gasteiger partial charge is 0.459 e. The van der Waals surface area contributed by atoms with Gasteiger partial charge in [-0.25, -0.2) is 19.5 Å². The summed E-state index contributed by atoms with van der Waals surface area (Å²) in [5.41, 5.74) is 1.70. The van der Waals surface area contributed by atoms with Crippen LogP contribution in [-0.2, 0) is 19.1 Å². The Morgan fingerprint density at radius 2 is 2.11 bits per heavy atom. The number of carbonyl (C=O) groups is 2. The van der Waals surface area contributed by atoms with Crippen LogP contribution in [-0.4, -0.2) is 64.8 Å². The third-order valence-electron chi connectivity index (χ3n) is 4.48. The SMILES string of the molecule is CC(=O)CCC(=O)O[C@H]1C[C@H](n2cnc3c2ncn2ncnc32)O[C@@H]1CO. The van der Waals surface area contributed by atoms with E-state index in [2.05, 4.69) is 20.1 Å². The quantitative estimate of drug-likeness (QED) is 0.593. The van der Waals surface area contributed by atoms with Crippen molar-refractivity contribution in [3.63, 3.8) is 0 Å². The van der Waals surface area contributed by atoms with Gasteiger partial charge in [0, 0.05) is 12.8 Å². The van der Waals surface area contributed by atoms with Gasteiger partial charge in [0.15, 0.2) is 16.8 Å². The van der Waals surface area contributed by atoms with Crippen molar-refractivity contribution < 1.29 is 24.2 Å². The molecule has 11 heteroatoms. The number of aliphatic hydroxyl groups is 1. The lowest BCUT2D eigenvalue weighted by Gasteiger charge is -2.16. The van der Waals surface area contributed by atoms with Crippen LogP contribution in [0.5, 0.6) is 0 Å². The molecule has 3 aromatic heterocycles. The number of rotatable bonds is 6. The lowest BCUT2D eigenvalue weighted by atomic mass is 10.2. The number of ketones is 1. The zero-order chi connectivity index (χ0) is 19.0. The molecule has 4 heterocycles. The summed E-state index contributed by atoms with van der Waals surface area (Å²) in [5.74, 6) is -0.571. The van der Waals surface area contributed by atoms with E-state index in [4.69, 9.17) is 9.47 Å². The van der Waals surface area contributed by atoms with Gasteiger partial charge in [0.25, 0.3) is 0 Å². The molecule has 0 aromatic carbocycles. The molecular weight excluding hydrogens is 356 g/mol. The average Bonchev–Trinajstić information content (AvgIpc) is 3.36. The van der Waals surface area contributed by atoms with Crippen molar-refractivity contribution in [2.45, 2.75) is 44.6 Å². The van der Waals surface area contributed by atoms with Gasteiger partial charge in [-0.05, 0) is 6.92 Å². The predicted molar refractivity (Wildman–Crippen MR) is 89.5 cm³/mol. The van der Waals surface area contributed by atoms with Gasteiger partial charge in [0.2, 0.25) is 0 Å². The number of imidazole rings is 1. The Balaban J connectivity index is 1.54. The number of nitrogens with zero attached hydrogens (tertiary/aromatic N) is 6. The van der Waals surface area contributed by atoms with Gasteiger partial charge in [-0.1, -0.05) is 0 Å². The van der Waals surface area contributed by atoms with Gasteiger partial charge >= 0.3 is 5.97 Å². The summed E-state index contributed by atoms with van der Waals surface area (Å²) in [6.07, 6.45) is 3.21. The van der Waals surface area contributed by atoms with E-state index in [1.165, 1.54) is 24.1 Å². The van der Waals surface area contributed by atoms with Crippen molar-refractivity contribution in [1.82, 2.24) is 29.1 Å². The van der Waals surface area contributed by atoms with E-state index >= 15 is 0 Å². The number of ether oxygens (including phenoxy) is 2. The molecule has 27 heavy (non-hydrogen) atoms. The summed E-state index contributed by atoms with van der Waals surface area (Å²) < 4.78 is 14.5. The molecule has 1 aliphatic rings. The second-order valence-corrected chi connectivity index (χ2v) is 6.37. The van der Waals surface area contributed by atoms with Crippen molar-refractivity contribution in [3.05, 3.63) is 19.0 Å². The number of esters is 1. The molecule has 1 fully saturated rings. The minimum Gasteiger partial charge on any atom is -0.459 e. The number of hydrogen-bond donors (Lipinski definition) is 1. The third-order valence-corrected chi connectivity index (χ3v) is 4.48. The molecule has 142 valence electrons. The molecule has 1 saturated heterocycles. The Morgan fingerprint density at radius 3 is 2.89 bits per heavy atom. The zero-order valence-corrected chi connectivity index (χ0v) is 14.6. The highest BCUT2D eigenvalue weighted by Gasteiger charge is 2.39. The summed E-state index contributed by atoms with van der Waals surface area (Å²) in [6.45, 7) is 1.12. The van der Waals surface area contributed by atoms with Crippen LogP contribution in [0.1, 0.15) is 32.4 Å². The molecule has 0 saturated carbocycles. The number of carbonyl (C=O) groups excluding carboxylic acids is 2. The van der Waals surface area contributed by atoms with E-state index < -0.39 is 24.4 Å². The number of hydrogen-bond acceptors (Lipinski definition) is 9. The molecule has 3 aromatic rings. The van der Waals surface area contributed by atoms with Crippen LogP contribution in [0.3, 0.4) is 0 Å². The smallest absolute Gasteiger partial charge is 0.306 e. The molecule has 0 amide bonds. The van der Waals surface area contributed by atoms with Crippen LogP contribution in [0.15, 0.2) is 19.0 Å². The van der Waals surface area contributed by atoms with Gasteiger partial charge in [0.1, 0.15) is 36.9 Å². The summed E-state index contributed by atoms with van der Waals surface area (Å²) in [4.78, 5) is 35.8. The normalized spacial score (nSPS) is 22.5. The fraction of sp³-hybridized carbons (Fsp3) is 0.500. The third kappa shape index (κ3) is 3.26. The molecule has 4 rings (SSSR count). The van der Waals surface area contributed by atoms with E-state index in [1.807, 2.05) is 0 Å². The minimum atomic E-state index is -0.662. The van der Waals surface area contributed by atoms with Gasteiger partial charge < -0.3 is 19.4 Å². The molecule has 11 nitrogen and oxygen atoms in total. The monoisotopic (exact) mass is 374 g/mol. The zero-order valence-electron chi connectivity index (χ0n) is 14.6. The minimum absolute atomic E-state index is 0.00900. The lowest BCUT2D eigenvalue weighted by molar-refractivity contribution is -0.153. The predicted octanol–water partition coefficient (Wildman–Crippen LogP) is 0.0348. The molecule has 1 N–H and O–H groups in total.